The van der Waals surface area contributed by atoms with Gasteiger partial charge < -0.3 is 10.1 Å². The minimum absolute atomic E-state index is 0.0558. The Labute approximate surface area is 171 Å². The van der Waals surface area contributed by atoms with Crippen LogP contribution in [0, 0.1) is 0 Å². The number of rotatable bonds is 4. The lowest BCUT2D eigenvalue weighted by atomic mass is 10.1. The fourth-order valence-electron chi connectivity index (χ4n) is 3.34. The molecule has 0 saturated carbocycles. The van der Waals surface area contributed by atoms with Crippen LogP contribution in [0.25, 0.3) is 0 Å². The highest BCUT2D eigenvalue weighted by Gasteiger charge is 2.37. The Balaban J connectivity index is 1.50. The summed E-state index contributed by atoms with van der Waals surface area (Å²) in [5.74, 6) is -1.19. The molecule has 0 radical (unpaired) electrons. The highest BCUT2D eigenvalue weighted by molar-refractivity contribution is 6.44. The fraction of sp³-hybridized carbons (Fsp3) is 0.250. The molecule has 6 nitrogen and oxygen atoms in total. The Morgan fingerprint density at radius 3 is 2.21 bits per heavy atom. The van der Waals surface area contributed by atoms with Crippen LogP contribution in [-0.2, 0) is 4.74 Å². The zero-order valence-electron chi connectivity index (χ0n) is 14.7. The number of hydrogen-bond donors (Lipinski definition) is 1. The summed E-state index contributed by atoms with van der Waals surface area (Å²) >= 11 is 11.9. The van der Waals surface area contributed by atoms with Crippen molar-refractivity contribution < 1.29 is 19.1 Å². The maximum atomic E-state index is 12.6. The van der Waals surface area contributed by atoms with Crippen molar-refractivity contribution >= 4 is 46.6 Å². The van der Waals surface area contributed by atoms with Crippen LogP contribution in [0.5, 0.6) is 0 Å². The van der Waals surface area contributed by atoms with Crippen LogP contribution in [-0.4, -0.2) is 37.0 Å². The Morgan fingerprint density at radius 1 is 1.07 bits per heavy atom. The molecule has 0 aromatic heterocycles. The molecule has 1 fully saturated rings. The summed E-state index contributed by atoms with van der Waals surface area (Å²) in [4.78, 5) is 38.6. The minimum Gasteiger partial charge on any atom is -0.376 e. The maximum Gasteiger partial charge on any atom is 0.266 e. The van der Waals surface area contributed by atoms with E-state index >= 15 is 0 Å². The van der Waals surface area contributed by atoms with Crippen molar-refractivity contribution in [2.75, 3.05) is 18.1 Å². The second kappa shape index (κ2) is 7.54. The first-order chi connectivity index (χ1) is 13.5. The molecule has 2 aliphatic heterocycles. The second-order valence-electron chi connectivity index (χ2n) is 6.65. The van der Waals surface area contributed by atoms with Crippen molar-refractivity contribution in [2.45, 2.75) is 18.9 Å². The highest BCUT2D eigenvalue weighted by Crippen LogP contribution is 2.34. The lowest BCUT2D eigenvalue weighted by molar-refractivity contribution is 0.0857. The molecular weight excluding hydrogens is 403 g/mol. The molecule has 28 heavy (non-hydrogen) atoms. The summed E-state index contributed by atoms with van der Waals surface area (Å²) in [5.41, 5.74) is 1.22. The van der Waals surface area contributed by atoms with Gasteiger partial charge in [-0.1, -0.05) is 23.2 Å². The first-order valence-corrected chi connectivity index (χ1v) is 9.59. The molecule has 2 aromatic rings. The van der Waals surface area contributed by atoms with Gasteiger partial charge in [-0.05, 0) is 49.2 Å². The Hall–Kier alpha value is -2.41. The molecule has 8 heteroatoms. The number of imide groups is 1. The number of nitrogens with one attached hydrogen (secondary N) is 1. The van der Waals surface area contributed by atoms with E-state index in [1.807, 2.05) is 0 Å². The van der Waals surface area contributed by atoms with Crippen LogP contribution in [0.2, 0.25) is 10.0 Å². The number of nitrogens with zero attached hydrogens (tertiary/aromatic N) is 1. The third kappa shape index (κ3) is 3.39. The van der Waals surface area contributed by atoms with Gasteiger partial charge in [-0.2, -0.15) is 0 Å². The van der Waals surface area contributed by atoms with Crippen molar-refractivity contribution in [3.8, 4) is 0 Å². The van der Waals surface area contributed by atoms with Crippen molar-refractivity contribution in [1.29, 1.82) is 0 Å². The number of benzene rings is 2. The van der Waals surface area contributed by atoms with Gasteiger partial charge >= 0.3 is 0 Å². The summed E-state index contributed by atoms with van der Waals surface area (Å²) in [7, 11) is 0. The second-order valence-corrected chi connectivity index (χ2v) is 7.46. The number of anilines is 1. The number of carbonyl (C=O) groups excluding carboxylic acids is 3. The van der Waals surface area contributed by atoms with E-state index in [-0.39, 0.29) is 33.2 Å². The largest absolute Gasteiger partial charge is 0.376 e. The van der Waals surface area contributed by atoms with Crippen molar-refractivity contribution in [2.24, 2.45) is 0 Å². The van der Waals surface area contributed by atoms with Gasteiger partial charge in [-0.3, -0.25) is 14.4 Å². The average Bonchev–Trinajstić information content (AvgIpc) is 3.29. The summed E-state index contributed by atoms with van der Waals surface area (Å²) in [5, 5.41) is 3.25. The molecule has 3 amide bonds. The summed E-state index contributed by atoms with van der Waals surface area (Å²) < 4.78 is 5.48. The Morgan fingerprint density at radius 2 is 1.68 bits per heavy atom. The van der Waals surface area contributed by atoms with E-state index in [1.54, 1.807) is 24.3 Å². The third-order valence-electron chi connectivity index (χ3n) is 4.83. The van der Waals surface area contributed by atoms with Gasteiger partial charge in [0.25, 0.3) is 17.7 Å². The highest BCUT2D eigenvalue weighted by atomic mass is 35.5. The van der Waals surface area contributed by atoms with Crippen LogP contribution < -0.4 is 10.2 Å². The lowest BCUT2D eigenvalue weighted by Gasteiger charge is -2.15. The van der Waals surface area contributed by atoms with E-state index < -0.39 is 11.8 Å². The lowest BCUT2D eigenvalue weighted by Crippen LogP contribution is -2.32. The molecule has 2 aliphatic rings. The fourth-order valence-corrected chi connectivity index (χ4v) is 3.67. The van der Waals surface area contributed by atoms with E-state index in [0.717, 1.165) is 24.3 Å². The molecule has 0 unspecified atom stereocenters. The molecule has 1 atom stereocenters. The van der Waals surface area contributed by atoms with Gasteiger partial charge in [0.2, 0.25) is 0 Å². The van der Waals surface area contributed by atoms with E-state index in [2.05, 4.69) is 5.32 Å². The molecule has 1 saturated heterocycles. The van der Waals surface area contributed by atoms with Crippen LogP contribution in [0.3, 0.4) is 0 Å². The summed E-state index contributed by atoms with van der Waals surface area (Å²) in [6, 6.07) is 9.06. The molecule has 4 rings (SSSR count). The molecule has 2 aromatic carbocycles. The quantitative estimate of drug-likeness (QED) is 0.767. The zero-order chi connectivity index (χ0) is 19.8. The van der Waals surface area contributed by atoms with Crippen molar-refractivity contribution in [3.05, 3.63) is 63.1 Å². The van der Waals surface area contributed by atoms with Gasteiger partial charge in [-0.15, -0.1) is 0 Å². The smallest absolute Gasteiger partial charge is 0.266 e. The monoisotopic (exact) mass is 418 g/mol. The average molecular weight is 419 g/mol. The minimum atomic E-state index is -0.478. The summed E-state index contributed by atoms with van der Waals surface area (Å²) in [6.07, 6.45) is 2.00. The van der Waals surface area contributed by atoms with Gasteiger partial charge in [0.1, 0.15) is 0 Å². The predicted octanol–water partition coefficient (Wildman–Crippen LogP) is 3.70. The molecule has 0 aliphatic carbocycles. The maximum absolute atomic E-state index is 12.6. The van der Waals surface area contributed by atoms with E-state index in [1.165, 1.54) is 12.1 Å². The van der Waals surface area contributed by atoms with Gasteiger partial charge in [0.15, 0.2) is 0 Å². The third-order valence-corrected chi connectivity index (χ3v) is 5.55. The number of ether oxygens (including phenoxy) is 1. The van der Waals surface area contributed by atoms with Gasteiger partial charge in [-0.25, -0.2) is 4.90 Å². The number of amides is 3. The van der Waals surface area contributed by atoms with Crippen molar-refractivity contribution in [3.63, 3.8) is 0 Å². The van der Waals surface area contributed by atoms with Crippen LogP contribution in [0.1, 0.15) is 43.9 Å². The molecule has 2 heterocycles. The van der Waals surface area contributed by atoms with Crippen LogP contribution >= 0.6 is 23.2 Å². The predicted molar refractivity (Wildman–Crippen MR) is 105 cm³/mol. The van der Waals surface area contributed by atoms with Crippen molar-refractivity contribution in [1.82, 2.24) is 5.32 Å². The van der Waals surface area contributed by atoms with Crippen LogP contribution in [0.15, 0.2) is 36.4 Å². The van der Waals surface area contributed by atoms with E-state index in [0.29, 0.717) is 17.8 Å². The molecular formula is C20H16Cl2N2O4. The topological polar surface area (TPSA) is 75.7 Å². The van der Waals surface area contributed by atoms with E-state index in [9.17, 15) is 14.4 Å². The summed E-state index contributed by atoms with van der Waals surface area (Å²) in [6.45, 7) is 1.19. The zero-order valence-corrected chi connectivity index (χ0v) is 16.2. The van der Waals surface area contributed by atoms with Gasteiger partial charge in [0.05, 0.1) is 33.0 Å². The number of carbonyl (C=O) groups is 3. The molecule has 0 spiro atoms. The molecule has 144 valence electrons. The van der Waals surface area contributed by atoms with Gasteiger partial charge in [0, 0.05) is 18.7 Å². The number of halogens is 2. The normalized spacial score (nSPS) is 18.5. The first kappa shape index (κ1) is 18.9. The Bertz CT molecular complexity index is 928. The molecule has 0 bridgehead atoms. The first-order valence-electron chi connectivity index (χ1n) is 8.83. The van der Waals surface area contributed by atoms with E-state index in [4.69, 9.17) is 27.9 Å². The Kier molecular flexibility index (Phi) is 5.10. The standard InChI is InChI=1S/C20H16Cl2N2O4/c21-16-8-14-15(9-17(16)22)20(27)24(19(14)26)12-5-3-11(4-6-12)18(25)23-10-13-2-1-7-28-13/h3-6,8-9,13H,1-2,7,10H2,(H,23,25)/t13-/m1/s1. The number of hydrogen-bond acceptors (Lipinski definition) is 4. The molecule has 1 N–H and O–H groups in total. The number of fused-ring (bicyclic) bond motifs is 1. The SMILES string of the molecule is O=C(NC[C@H]1CCCO1)c1ccc(N2C(=O)c3cc(Cl)c(Cl)cc3C2=O)cc1. The van der Waals surface area contributed by atoms with Crippen LogP contribution in [0.4, 0.5) is 5.69 Å².